The molecule has 2 aromatic heterocycles. The first-order valence-corrected chi connectivity index (χ1v) is 8.80. The molecule has 3 aromatic rings. The molecule has 1 aliphatic heterocycles. The fourth-order valence-corrected chi connectivity index (χ4v) is 3.40. The van der Waals surface area contributed by atoms with Gasteiger partial charge in [0.05, 0.1) is 24.4 Å². The number of carbonyl (C=O) groups is 1. The van der Waals surface area contributed by atoms with Crippen LogP contribution < -0.4 is 10.1 Å². The Morgan fingerprint density at radius 3 is 3.16 bits per heavy atom. The van der Waals surface area contributed by atoms with Crippen LogP contribution >= 0.6 is 11.8 Å². The average Bonchev–Trinajstić information content (AvgIpc) is 3.02. The zero-order chi connectivity index (χ0) is 17.4. The van der Waals surface area contributed by atoms with Crippen molar-refractivity contribution < 1.29 is 13.9 Å². The number of carbonyl (C=O) groups excluding carboxylic acids is 1. The van der Waals surface area contributed by atoms with E-state index >= 15 is 0 Å². The van der Waals surface area contributed by atoms with Crippen molar-refractivity contribution in [1.29, 1.82) is 0 Å². The zero-order valence-corrected chi connectivity index (χ0v) is 14.2. The Kier molecular flexibility index (Phi) is 4.04. The molecule has 1 aliphatic rings. The second-order valence-corrected chi connectivity index (χ2v) is 6.74. The number of thioether (sulfide) groups is 1. The van der Waals surface area contributed by atoms with Crippen LogP contribution in [0.25, 0.3) is 5.65 Å². The van der Waals surface area contributed by atoms with Gasteiger partial charge in [-0.25, -0.2) is 13.9 Å². The number of hydrogen-bond acceptors (Lipinski definition) is 6. The highest BCUT2D eigenvalue weighted by molar-refractivity contribution is 8.14. The van der Waals surface area contributed by atoms with Gasteiger partial charge in [-0.1, -0.05) is 11.8 Å². The molecule has 1 N–H and O–H groups in total. The van der Waals surface area contributed by atoms with Crippen LogP contribution in [0.5, 0.6) is 5.75 Å². The first-order valence-electron chi connectivity index (χ1n) is 7.82. The number of halogens is 1. The number of aromatic nitrogens is 3. The van der Waals surface area contributed by atoms with Gasteiger partial charge in [-0.2, -0.15) is 5.10 Å². The molecule has 0 amide bonds. The summed E-state index contributed by atoms with van der Waals surface area (Å²) in [7, 11) is 0. The van der Waals surface area contributed by atoms with Gasteiger partial charge in [0.2, 0.25) is 5.12 Å². The summed E-state index contributed by atoms with van der Waals surface area (Å²) >= 11 is 1.15. The van der Waals surface area contributed by atoms with E-state index in [0.717, 1.165) is 11.8 Å². The highest BCUT2D eigenvalue weighted by Gasteiger charge is 2.18. The van der Waals surface area contributed by atoms with Gasteiger partial charge in [0, 0.05) is 17.5 Å². The second kappa shape index (κ2) is 6.36. The molecular formula is C17H15FN4O2S. The third kappa shape index (κ3) is 3.05. The lowest BCUT2D eigenvalue weighted by Crippen LogP contribution is -2.11. The minimum absolute atomic E-state index is 0.102. The molecule has 0 saturated carbocycles. The lowest BCUT2D eigenvalue weighted by Gasteiger charge is -2.19. The number of rotatable bonds is 0. The van der Waals surface area contributed by atoms with E-state index in [1.54, 1.807) is 22.8 Å². The molecule has 0 unspecified atom stereocenters. The van der Waals surface area contributed by atoms with Gasteiger partial charge in [-0.3, -0.25) is 4.79 Å². The molecule has 0 saturated heterocycles. The Hall–Kier alpha value is -2.61. The third-order valence-electron chi connectivity index (χ3n) is 3.97. The van der Waals surface area contributed by atoms with Crippen molar-refractivity contribution in [3.05, 3.63) is 53.6 Å². The van der Waals surface area contributed by atoms with E-state index < -0.39 is 0 Å². The van der Waals surface area contributed by atoms with Gasteiger partial charge in [0.1, 0.15) is 17.4 Å². The van der Waals surface area contributed by atoms with Crippen LogP contribution in [0.1, 0.15) is 28.9 Å². The minimum atomic E-state index is -0.327. The summed E-state index contributed by atoms with van der Waals surface area (Å²) in [5, 5.41) is 7.29. The van der Waals surface area contributed by atoms with Gasteiger partial charge >= 0.3 is 0 Å². The Morgan fingerprint density at radius 1 is 1.40 bits per heavy atom. The van der Waals surface area contributed by atoms with Gasteiger partial charge in [0.15, 0.2) is 5.65 Å². The van der Waals surface area contributed by atoms with E-state index in [-0.39, 0.29) is 17.0 Å². The predicted molar refractivity (Wildman–Crippen MR) is 93.7 cm³/mol. The summed E-state index contributed by atoms with van der Waals surface area (Å²) in [6, 6.07) is 5.96. The molecule has 128 valence electrons. The van der Waals surface area contributed by atoms with Crippen molar-refractivity contribution in [3.63, 3.8) is 0 Å². The topological polar surface area (TPSA) is 68.5 Å². The van der Waals surface area contributed by atoms with Crippen molar-refractivity contribution in [2.75, 3.05) is 17.7 Å². The molecule has 0 fully saturated rings. The van der Waals surface area contributed by atoms with Crippen molar-refractivity contribution in [2.45, 2.75) is 13.0 Å². The fourth-order valence-electron chi connectivity index (χ4n) is 2.75. The largest absolute Gasteiger partial charge is 0.492 e. The molecule has 8 heteroatoms. The zero-order valence-electron chi connectivity index (χ0n) is 13.4. The highest BCUT2D eigenvalue weighted by Crippen LogP contribution is 2.29. The molecule has 0 aliphatic carbocycles. The van der Waals surface area contributed by atoms with E-state index in [1.165, 1.54) is 18.3 Å². The van der Waals surface area contributed by atoms with Crippen LogP contribution in [0.15, 0.2) is 36.7 Å². The number of ether oxygens (including phenoxy) is 1. The van der Waals surface area contributed by atoms with E-state index in [9.17, 15) is 9.18 Å². The maximum atomic E-state index is 13.7. The van der Waals surface area contributed by atoms with Gasteiger partial charge in [-0.05, 0) is 31.2 Å². The standard InChI is InChI=1S/C17H15FN4O2S/c1-10-12-8-11(18)2-3-14(12)24-6-7-25-17(23)13-9-19-22-5-4-15(20-10)21-16(13)22/h2-5,8-10H,6-7H2,1H3,(H,20,21)/t10-/m1/s1. The van der Waals surface area contributed by atoms with E-state index in [2.05, 4.69) is 15.4 Å². The number of nitrogens with one attached hydrogen (secondary N) is 1. The number of anilines is 1. The third-order valence-corrected chi connectivity index (χ3v) is 4.82. The number of nitrogens with zero attached hydrogens (tertiary/aromatic N) is 3. The Labute approximate surface area is 147 Å². The number of hydrogen-bond donors (Lipinski definition) is 1. The minimum Gasteiger partial charge on any atom is -0.492 e. The monoisotopic (exact) mass is 358 g/mol. The molecule has 1 atom stereocenters. The molecule has 0 radical (unpaired) electrons. The molecule has 4 rings (SSSR count). The van der Waals surface area contributed by atoms with Crippen molar-refractivity contribution in [3.8, 4) is 5.75 Å². The fraction of sp³-hybridized carbons (Fsp3) is 0.235. The summed E-state index contributed by atoms with van der Waals surface area (Å²) < 4.78 is 21.0. The lowest BCUT2D eigenvalue weighted by molar-refractivity contribution is 0.109. The van der Waals surface area contributed by atoms with Gasteiger partial charge < -0.3 is 10.1 Å². The molecule has 6 nitrogen and oxygen atoms in total. The average molecular weight is 358 g/mol. The SMILES string of the molecule is C[C@H]1Nc2ccn3ncc(c3n2)C(=O)SCCOc2ccc(F)cc21. The van der Waals surface area contributed by atoms with Crippen LogP contribution in [-0.4, -0.2) is 32.1 Å². The molecular weight excluding hydrogens is 343 g/mol. The van der Waals surface area contributed by atoms with E-state index in [1.807, 2.05) is 6.92 Å². The number of benzene rings is 1. The van der Waals surface area contributed by atoms with Crippen molar-refractivity contribution in [2.24, 2.45) is 0 Å². The van der Waals surface area contributed by atoms with E-state index in [0.29, 0.717) is 40.7 Å². The smallest absolute Gasteiger partial charge is 0.224 e. The molecule has 25 heavy (non-hydrogen) atoms. The summed E-state index contributed by atoms with van der Waals surface area (Å²) in [4.78, 5) is 16.9. The first-order chi connectivity index (χ1) is 12.1. The van der Waals surface area contributed by atoms with Crippen molar-refractivity contribution >= 4 is 28.3 Å². The van der Waals surface area contributed by atoms with Gasteiger partial charge in [-0.15, -0.1) is 0 Å². The molecule has 1 aromatic carbocycles. The summed E-state index contributed by atoms with van der Waals surface area (Å²) in [5.41, 5.74) is 1.66. The summed E-state index contributed by atoms with van der Waals surface area (Å²) in [5.74, 6) is 1.33. The predicted octanol–water partition coefficient (Wildman–Crippen LogP) is 3.31. The van der Waals surface area contributed by atoms with Crippen LogP contribution in [0.3, 0.4) is 0 Å². The van der Waals surface area contributed by atoms with Crippen LogP contribution in [0.4, 0.5) is 10.2 Å². The maximum absolute atomic E-state index is 13.7. The lowest BCUT2D eigenvalue weighted by atomic mass is 10.1. The molecule has 0 spiro atoms. The normalized spacial score (nSPS) is 17.8. The van der Waals surface area contributed by atoms with Crippen molar-refractivity contribution in [1.82, 2.24) is 14.6 Å². The molecule has 2 bridgehead atoms. The summed E-state index contributed by atoms with van der Waals surface area (Å²) in [6.45, 7) is 2.25. The maximum Gasteiger partial charge on any atom is 0.224 e. The van der Waals surface area contributed by atoms with Crippen LogP contribution in [0.2, 0.25) is 0 Å². The first kappa shape index (κ1) is 15.9. The van der Waals surface area contributed by atoms with Crippen LogP contribution in [0, 0.1) is 5.82 Å². The Balaban J connectivity index is 1.80. The highest BCUT2D eigenvalue weighted by atomic mass is 32.2. The summed E-state index contributed by atoms with van der Waals surface area (Å²) in [6.07, 6.45) is 3.26. The van der Waals surface area contributed by atoms with E-state index in [4.69, 9.17) is 4.74 Å². The Morgan fingerprint density at radius 2 is 2.28 bits per heavy atom. The van der Waals surface area contributed by atoms with Gasteiger partial charge in [0.25, 0.3) is 0 Å². The quantitative estimate of drug-likeness (QED) is 0.665. The molecule has 3 heterocycles. The van der Waals surface area contributed by atoms with Crippen LogP contribution in [-0.2, 0) is 0 Å². The Bertz CT molecular complexity index is 959. The number of fused-ring (bicyclic) bond motifs is 2. The second-order valence-electron chi connectivity index (χ2n) is 5.67.